The van der Waals surface area contributed by atoms with Crippen molar-refractivity contribution in [3.05, 3.63) is 93.6 Å². The van der Waals surface area contributed by atoms with Gasteiger partial charge in [-0.1, -0.05) is 23.7 Å². The van der Waals surface area contributed by atoms with Crippen molar-refractivity contribution in [1.82, 2.24) is 4.98 Å². The van der Waals surface area contributed by atoms with Crippen LogP contribution in [0.25, 0.3) is 22.1 Å². The van der Waals surface area contributed by atoms with E-state index >= 15 is 0 Å². The number of aromatic nitrogens is 1. The first-order valence-corrected chi connectivity index (χ1v) is 9.18. The number of pyridine rings is 1. The molecule has 0 amide bonds. The van der Waals surface area contributed by atoms with Crippen LogP contribution in [0.15, 0.2) is 76.2 Å². The van der Waals surface area contributed by atoms with Gasteiger partial charge in [-0.25, -0.2) is 4.79 Å². The van der Waals surface area contributed by atoms with Gasteiger partial charge in [0, 0.05) is 23.5 Å². The molecule has 4 aromatic rings. The predicted molar refractivity (Wildman–Crippen MR) is 107 cm³/mol. The van der Waals surface area contributed by atoms with E-state index < -0.39 is 28.9 Å². The van der Waals surface area contributed by atoms with Crippen LogP contribution < -0.4 is 10.2 Å². The Labute approximate surface area is 177 Å². The fourth-order valence-corrected chi connectivity index (χ4v) is 3.09. The summed E-state index contributed by atoms with van der Waals surface area (Å²) < 4.78 is 51.4. The minimum absolute atomic E-state index is 0.0134. The smallest absolute Gasteiger partial charge is 0.450 e. The fourth-order valence-electron chi connectivity index (χ4n) is 2.96. The van der Waals surface area contributed by atoms with Crippen molar-refractivity contribution in [2.75, 3.05) is 0 Å². The maximum Gasteiger partial charge on any atom is 0.450 e. The number of carbonyl (C=O) groups excluding carboxylic acids is 1. The molecule has 2 heterocycles. The van der Waals surface area contributed by atoms with Gasteiger partial charge in [0.1, 0.15) is 11.3 Å². The van der Waals surface area contributed by atoms with E-state index in [1.165, 1.54) is 60.9 Å². The van der Waals surface area contributed by atoms with Crippen LogP contribution in [0.4, 0.5) is 13.2 Å². The first-order chi connectivity index (χ1) is 14.7. The largest absolute Gasteiger partial charge is 0.450 e. The number of fused-ring (bicyclic) bond motifs is 1. The normalized spacial score (nSPS) is 11.5. The van der Waals surface area contributed by atoms with E-state index in [1.54, 1.807) is 0 Å². The zero-order chi connectivity index (χ0) is 22.2. The summed E-state index contributed by atoms with van der Waals surface area (Å²) in [6.07, 6.45) is -2.19. The minimum Gasteiger partial charge on any atom is -0.450 e. The van der Waals surface area contributed by atoms with Crippen LogP contribution in [0.1, 0.15) is 16.1 Å². The zero-order valence-corrected chi connectivity index (χ0v) is 16.2. The number of esters is 1. The van der Waals surface area contributed by atoms with Crippen molar-refractivity contribution in [3.63, 3.8) is 0 Å². The average Bonchev–Trinajstić information content (AvgIpc) is 2.74. The monoisotopic (exact) mass is 445 g/mol. The summed E-state index contributed by atoms with van der Waals surface area (Å²) in [5.41, 5.74) is -1.71. The molecule has 0 fully saturated rings. The van der Waals surface area contributed by atoms with Gasteiger partial charge in [-0.15, -0.1) is 0 Å². The van der Waals surface area contributed by atoms with Gasteiger partial charge in [-0.2, -0.15) is 13.2 Å². The van der Waals surface area contributed by atoms with Crippen molar-refractivity contribution >= 4 is 28.5 Å². The highest BCUT2D eigenvalue weighted by molar-refractivity contribution is 6.30. The van der Waals surface area contributed by atoms with E-state index in [0.29, 0.717) is 5.02 Å². The number of hydrogen-bond donors (Lipinski definition) is 0. The number of ether oxygens (including phenoxy) is 1. The summed E-state index contributed by atoms with van der Waals surface area (Å²) in [6, 6.07) is 12.0. The summed E-state index contributed by atoms with van der Waals surface area (Å²) in [6.45, 7) is 0. The summed E-state index contributed by atoms with van der Waals surface area (Å²) >= 11 is 5.80. The molecule has 2 aromatic carbocycles. The van der Waals surface area contributed by atoms with Crippen LogP contribution in [0.3, 0.4) is 0 Å². The van der Waals surface area contributed by atoms with Crippen LogP contribution in [-0.2, 0) is 6.18 Å². The fraction of sp³-hybridized carbons (Fsp3) is 0.0455. The second kappa shape index (κ2) is 7.88. The highest BCUT2D eigenvalue weighted by atomic mass is 35.5. The Morgan fingerprint density at radius 2 is 1.81 bits per heavy atom. The molecule has 156 valence electrons. The van der Waals surface area contributed by atoms with Crippen molar-refractivity contribution < 1.29 is 27.1 Å². The van der Waals surface area contributed by atoms with Gasteiger partial charge < -0.3 is 9.15 Å². The molecule has 0 radical (unpaired) electrons. The van der Waals surface area contributed by atoms with Crippen molar-refractivity contribution in [2.45, 2.75) is 6.18 Å². The van der Waals surface area contributed by atoms with Crippen molar-refractivity contribution in [3.8, 4) is 16.9 Å². The van der Waals surface area contributed by atoms with Crippen LogP contribution in [0, 0.1) is 0 Å². The topological polar surface area (TPSA) is 69.4 Å². The molecule has 0 saturated carbocycles. The molecule has 0 N–H and O–H groups in total. The van der Waals surface area contributed by atoms with Crippen molar-refractivity contribution in [2.24, 2.45) is 0 Å². The Hall–Kier alpha value is -3.65. The van der Waals surface area contributed by atoms with Crippen LogP contribution in [-0.4, -0.2) is 11.0 Å². The average molecular weight is 446 g/mol. The van der Waals surface area contributed by atoms with Crippen LogP contribution in [0.2, 0.25) is 5.02 Å². The Morgan fingerprint density at radius 1 is 1.06 bits per heavy atom. The Morgan fingerprint density at radius 3 is 2.45 bits per heavy atom. The minimum atomic E-state index is -4.94. The Kier molecular flexibility index (Phi) is 5.24. The number of rotatable bonds is 3. The van der Waals surface area contributed by atoms with Gasteiger partial charge in [0.25, 0.3) is 0 Å². The molecule has 0 bridgehead atoms. The summed E-state index contributed by atoms with van der Waals surface area (Å²) in [7, 11) is 0. The summed E-state index contributed by atoms with van der Waals surface area (Å²) in [4.78, 5) is 28.9. The first kappa shape index (κ1) is 20.6. The number of benzene rings is 2. The molecule has 0 saturated heterocycles. The molecule has 31 heavy (non-hydrogen) atoms. The summed E-state index contributed by atoms with van der Waals surface area (Å²) in [5, 5.41) is 0.210. The quantitative estimate of drug-likeness (QED) is 0.297. The van der Waals surface area contributed by atoms with Gasteiger partial charge in [-0.3, -0.25) is 9.78 Å². The molecule has 0 atom stereocenters. The summed E-state index contributed by atoms with van der Waals surface area (Å²) in [5.74, 6) is -2.30. The number of hydrogen-bond acceptors (Lipinski definition) is 5. The predicted octanol–water partition coefficient (Wildman–Crippen LogP) is 5.75. The molecule has 4 rings (SSSR count). The molecule has 5 nitrogen and oxygen atoms in total. The maximum absolute atomic E-state index is 13.7. The standard InChI is InChI=1S/C22H11ClF3NO4/c23-14-5-3-12(4-6-14)18-19(28)16-8-7-15(10-17(16)31-20(18)22(24,25)26)30-21(29)13-2-1-9-27-11-13/h1-11H. The molecule has 0 aliphatic carbocycles. The van der Waals surface area contributed by atoms with E-state index in [2.05, 4.69) is 4.98 Å². The number of carbonyl (C=O) groups is 1. The number of halogens is 4. The van der Waals surface area contributed by atoms with Crippen LogP contribution in [0.5, 0.6) is 5.75 Å². The molecular formula is C22H11ClF3NO4. The first-order valence-electron chi connectivity index (χ1n) is 8.80. The second-order valence-electron chi connectivity index (χ2n) is 6.43. The molecule has 2 aromatic heterocycles. The van der Waals surface area contributed by atoms with Gasteiger partial charge in [-0.05, 0) is 42.0 Å². The molecule has 9 heteroatoms. The number of nitrogens with zero attached hydrogens (tertiary/aromatic N) is 1. The molecule has 0 aliphatic rings. The van der Waals surface area contributed by atoms with Gasteiger partial charge in [0.2, 0.25) is 11.2 Å². The number of alkyl halides is 3. The SMILES string of the molecule is O=C(Oc1ccc2c(=O)c(-c3ccc(Cl)cc3)c(C(F)(F)F)oc2c1)c1cccnc1. The van der Waals surface area contributed by atoms with E-state index in [9.17, 15) is 22.8 Å². The lowest BCUT2D eigenvalue weighted by atomic mass is 10.0. The molecular weight excluding hydrogens is 435 g/mol. The molecule has 0 aliphatic heterocycles. The Bertz CT molecular complexity index is 1330. The van der Waals surface area contributed by atoms with Gasteiger partial charge in [0.15, 0.2) is 0 Å². The highest BCUT2D eigenvalue weighted by Gasteiger charge is 2.39. The van der Waals surface area contributed by atoms with E-state index in [4.69, 9.17) is 20.8 Å². The van der Waals surface area contributed by atoms with Gasteiger partial charge >= 0.3 is 12.1 Å². The van der Waals surface area contributed by atoms with Crippen molar-refractivity contribution in [1.29, 1.82) is 0 Å². The van der Waals surface area contributed by atoms with Crippen LogP contribution >= 0.6 is 11.6 Å². The van der Waals surface area contributed by atoms with Gasteiger partial charge in [0.05, 0.1) is 16.5 Å². The van der Waals surface area contributed by atoms with E-state index in [0.717, 1.165) is 6.07 Å². The lowest BCUT2D eigenvalue weighted by molar-refractivity contribution is -0.152. The zero-order valence-electron chi connectivity index (χ0n) is 15.4. The second-order valence-corrected chi connectivity index (χ2v) is 6.87. The third-order valence-electron chi connectivity index (χ3n) is 4.36. The lowest BCUT2D eigenvalue weighted by Gasteiger charge is -2.13. The lowest BCUT2D eigenvalue weighted by Crippen LogP contribution is -2.16. The third-order valence-corrected chi connectivity index (χ3v) is 4.61. The Balaban J connectivity index is 1.84. The molecule has 0 unspecified atom stereocenters. The third kappa shape index (κ3) is 4.15. The molecule has 0 spiro atoms. The van der Waals surface area contributed by atoms with E-state index in [-0.39, 0.29) is 27.8 Å². The maximum atomic E-state index is 13.7. The highest BCUT2D eigenvalue weighted by Crippen LogP contribution is 2.38. The van der Waals surface area contributed by atoms with E-state index in [1.807, 2.05) is 0 Å².